The molecule has 0 aliphatic rings. The minimum absolute atomic E-state index is 0.129. The van der Waals surface area contributed by atoms with Gasteiger partial charge in [-0.05, 0) is 30.2 Å². The van der Waals surface area contributed by atoms with Crippen molar-refractivity contribution in [1.29, 1.82) is 0 Å². The fourth-order valence-electron chi connectivity index (χ4n) is 3.09. The summed E-state index contributed by atoms with van der Waals surface area (Å²) in [7, 11) is 0. The van der Waals surface area contributed by atoms with Gasteiger partial charge in [0.1, 0.15) is 11.5 Å². The average Bonchev–Trinajstić information content (AvgIpc) is 3.22. The Kier molecular flexibility index (Phi) is 3.76. The molecule has 0 saturated carbocycles. The fourth-order valence-corrected chi connectivity index (χ4v) is 3.09. The number of fused-ring (bicyclic) bond motifs is 2. The number of aromatic nitrogens is 3. The van der Waals surface area contributed by atoms with Crippen LogP contribution in [-0.4, -0.2) is 20.9 Å². The molecule has 4 rings (SSSR count). The molecule has 5 heteroatoms. The lowest BCUT2D eigenvalue weighted by atomic mass is 10.0. The van der Waals surface area contributed by atoms with Gasteiger partial charge in [0, 0.05) is 10.9 Å². The van der Waals surface area contributed by atoms with E-state index in [1.54, 1.807) is 0 Å². The number of imidazole rings is 1. The van der Waals surface area contributed by atoms with Crippen molar-refractivity contribution in [2.24, 2.45) is 5.92 Å². The van der Waals surface area contributed by atoms with Crippen molar-refractivity contribution in [3.63, 3.8) is 0 Å². The van der Waals surface area contributed by atoms with Gasteiger partial charge >= 0.3 is 0 Å². The molecule has 126 valence electrons. The summed E-state index contributed by atoms with van der Waals surface area (Å²) in [6.45, 7) is 4.15. The summed E-state index contributed by atoms with van der Waals surface area (Å²) in [6, 6.07) is 17.4. The Bertz CT molecular complexity index is 978. The van der Waals surface area contributed by atoms with Crippen LogP contribution in [0.4, 0.5) is 0 Å². The molecule has 2 aromatic carbocycles. The first-order valence-corrected chi connectivity index (χ1v) is 8.45. The summed E-state index contributed by atoms with van der Waals surface area (Å²) in [5.41, 5.74) is 3.39. The number of amides is 1. The average molecular weight is 332 g/mol. The number of nitrogens with one attached hydrogen (secondary N) is 3. The Labute approximate surface area is 145 Å². The molecule has 0 bridgehead atoms. The van der Waals surface area contributed by atoms with E-state index in [2.05, 4.69) is 34.1 Å². The van der Waals surface area contributed by atoms with Crippen molar-refractivity contribution in [3.05, 3.63) is 66.1 Å². The summed E-state index contributed by atoms with van der Waals surface area (Å²) in [4.78, 5) is 23.9. The monoisotopic (exact) mass is 332 g/mol. The number of para-hydroxylation sites is 3. The van der Waals surface area contributed by atoms with E-state index in [-0.39, 0.29) is 17.9 Å². The molecule has 0 aliphatic heterocycles. The predicted molar refractivity (Wildman–Crippen MR) is 99.4 cm³/mol. The van der Waals surface area contributed by atoms with Crippen LogP contribution in [0.5, 0.6) is 0 Å². The fraction of sp³-hybridized carbons (Fsp3) is 0.200. The van der Waals surface area contributed by atoms with Crippen LogP contribution >= 0.6 is 0 Å². The zero-order valence-corrected chi connectivity index (χ0v) is 14.2. The van der Waals surface area contributed by atoms with Gasteiger partial charge in [-0.1, -0.05) is 44.2 Å². The van der Waals surface area contributed by atoms with Crippen LogP contribution < -0.4 is 5.32 Å². The number of hydrogen-bond donors (Lipinski definition) is 3. The lowest BCUT2D eigenvalue weighted by Crippen LogP contribution is -2.32. The lowest BCUT2D eigenvalue weighted by molar-refractivity contribution is 0.0919. The Hall–Kier alpha value is -3.08. The predicted octanol–water partition coefficient (Wildman–Crippen LogP) is 4.17. The molecule has 1 unspecified atom stereocenters. The highest BCUT2D eigenvalue weighted by Crippen LogP contribution is 2.23. The highest BCUT2D eigenvalue weighted by molar-refractivity contribution is 5.98. The Balaban J connectivity index is 1.63. The van der Waals surface area contributed by atoms with Crippen LogP contribution in [0.2, 0.25) is 0 Å². The molecule has 0 aliphatic carbocycles. The molecule has 0 fully saturated rings. The topological polar surface area (TPSA) is 73.6 Å². The van der Waals surface area contributed by atoms with Crippen LogP contribution in [0.25, 0.3) is 21.9 Å². The second-order valence-corrected chi connectivity index (χ2v) is 6.60. The van der Waals surface area contributed by atoms with Crippen LogP contribution in [0, 0.1) is 5.92 Å². The van der Waals surface area contributed by atoms with Crippen LogP contribution in [0.15, 0.2) is 54.6 Å². The van der Waals surface area contributed by atoms with E-state index in [1.165, 1.54) is 0 Å². The van der Waals surface area contributed by atoms with Gasteiger partial charge in [-0.2, -0.15) is 0 Å². The molecular weight excluding hydrogens is 312 g/mol. The van der Waals surface area contributed by atoms with Gasteiger partial charge in [0.15, 0.2) is 0 Å². The van der Waals surface area contributed by atoms with E-state index in [1.807, 2.05) is 54.6 Å². The third-order valence-electron chi connectivity index (χ3n) is 4.43. The van der Waals surface area contributed by atoms with Crippen LogP contribution in [-0.2, 0) is 0 Å². The minimum atomic E-state index is -0.189. The molecule has 5 nitrogen and oxygen atoms in total. The zero-order valence-electron chi connectivity index (χ0n) is 14.2. The number of carbonyl (C=O) groups is 1. The van der Waals surface area contributed by atoms with Gasteiger partial charge in [-0.25, -0.2) is 4.98 Å². The molecular formula is C20H20N4O. The number of aromatic amines is 2. The maximum Gasteiger partial charge on any atom is 0.268 e. The van der Waals surface area contributed by atoms with Crippen molar-refractivity contribution < 1.29 is 4.79 Å². The van der Waals surface area contributed by atoms with Crippen LogP contribution in [0.1, 0.15) is 36.2 Å². The second kappa shape index (κ2) is 6.09. The molecule has 0 radical (unpaired) electrons. The standard InChI is InChI=1S/C20H20N4O/c1-12(2)18(19-22-15-9-5-6-10-16(15)23-19)24-20(25)17-11-13-7-3-4-8-14(13)21-17/h3-12,18,21H,1-2H3,(H,22,23)(H,24,25). The van der Waals surface area contributed by atoms with Gasteiger partial charge in [-0.3, -0.25) is 4.79 Å². The third kappa shape index (κ3) is 2.89. The molecule has 0 spiro atoms. The number of H-pyrrole nitrogens is 2. The van der Waals surface area contributed by atoms with E-state index in [9.17, 15) is 4.79 Å². The van der Waals surface area contributed by atoms with Gasteiger partial charge < -0.3 is 15.3 Å². The van der Waals surface area contributed by atoms with Gasteiger partial charge in [0.25, 0.3) is 5.91 Å². The summed E-state index contributed by atoms with van der Waals surface area (Å²) >= 11 is 0. The van der Waals surface area contributed by atoms with E-state index in [0.29, 0.717) is 5.69 Å². The number of benzene rings is 2. The largest absolute Gasteiger partial charge is 0.351 e. The van der Waals surface area contributed by atoms with Crippen molar-refractivity contribution in [2.75, 3.05) is 0 Å². The van der Waals surface area contributed by atoms with E-state index >= 15 is 0 Å². The number of rotatable bonds is 4. The van der Waals surface area contributed by atoms with Gasteiger partial charge in [-0.15, -0.1) is 0 Å². The van der Waals surface area contributed by atoms with Crippen molar-refractivity contribution in [3.8, 4) is 0 Å². The summed E-state index contributed by atoms with van der Waals surface area (Å²) < 4.78 is 0. The highest BCUT2D eigenvalue weighted by Gasteiger charge is 2.23. The maximum absolute atomic E-state index is 12.7. The molecule has 3 N–H and O–H groups in total. The third-order valence-corrected chi connectivity index (χ3v) is 4.43. The maximum atomic E-state index is 12.7. The second-order valence-electron chi connectivity index (χ2n) is 6.60. The molecule has 2 aromatic heterocycles. The molecule has 4 aromatic rings. The molecule has 1 amide bonds. The van der Waals surface area contributed by atoms with E-state index < -0.39 is 0 Å². The SMILES string of the molecule is CC(C)C(NC(=O)c1cc2ccccc2[nH]1)c1nc2ccccc2[nH]1. The van der Waals surface area contributed by atoms with Crippen molar-refractivity contribution >= 4 is 27.8 Å². The normalized spacial score (nSPS) is 12.8. The van der Waals surface area contributed by atoms with E-state index in [0.717, 1.165) is 27.8 Å². The Morgan fingerprint density at radius 1 is 1.00 bits per heavy atom. The Morgan fingerprint density at radius 2 is 1.72 bits per heavy atom. The lowest BCUT2D eigenvalue weighted by Gasteiger charge is -2.20. The smallest absolute Gasteiger partial charge is 0.268 e. The first-order valence-electron chi connectivity index (χ1n) is 8.45. The number of carbonyl (C=O) groups excluding carboxylic acids is 1. The highest BCUT2D eigenvalue weighted by atomic mass is 16.2. The first kappa shape index (κ1) is 15.4. The molecule has 0 saturated heterocycles. The number of hydrogen-bond acceptors (Lipinski definition) is 2. The molecule has 2 heterocycles. The van der Waals surface area contributed by atoms with Crippen molar-refractivity contribution in [1.82, 2.24) is 20.3 Å². The van der Waals surface area contributed by atoms with Gasteiger partial charge in [0.2, 0.25) is 0 Å². The van der Waals surface area contributed by atoms with E-state index in [4.69, 9.17) is 0 Å². The first-order chi connectivity index (χ1) is 12.1. The number of nitrogens with zero attached hydrogens (tertiary/aromatic N) is 1. The molecule has 25 heavy (non-hydrogen) atoms. The zero-order chi connectivity index (χ0) is 17.4. The summed E-state index contributed by atoms with van der Waals surface area (Å²) in [5, 5.41) is 4.13. The molecule has 1 atom stereocenters. The van der Waals surface area contributed by atoms with Gasteiger partial charge in [0.05, 0.1) is 17.1 Å². The van der Waals surface area contributed by atoms with Crippen molar-refractivity contribution in [2.45, 2.75) is 19.9 Å². The quantitative estimate of drug-likeness (QED) is 0.525. The summed E-state index contributed by atoms with van der Waals surface area (Å²) in [6.07, 6.45) is 0. The minimum Gasteiger partial charge on any atom is -0.351 e. The van der Waals surface area contributed by atoms with Crippen LogP contribution in [0.3, 0.4) is 0 Å². The summed E-state index contributed by atoms with van der Waals surface area (Å²) in [5.74, 6) is 0.852. The Morgan fingerprint density at radius 3 is 2.44 bits per heavy atom.